The Balaban J connectivity index is 1.22. The van der Waals surface area contributed by atoms with Gasteiger partial charge in [-0.2, -0.15) is 0 Å². The van der Waals surface area contributed by atoms with Crippen molar-refractivity contribution in [1.29, 1.82) is 0 Å². The fourth-order valence-electron chi connectivity index (χ4n) is 5.83. The summed E-state index contributed by atoms with van der Waals surface area (Å²) in [4.78, 5) is 43.3. The number of nitrogens with two attached hydrogens (primary N) is 1. The van der Waals surface area contributed by atoms with E-state index in [1.165, 1.54) is 30.3 Å². The van der Waals surface area contributed by atoms with Crippen molar-refractivity contribution in [3.05, 3.63) is 28.6 Å². The van der Waals surface area contributed by atoms with E-state index in [0.29, 0.717) is 48.1 Å². The molecule has 1 aromatic heterocycles. The van der Waals surface area contributed by atoms with Crippen LogP contribution in [0.4, 0.5) is 5.95 Å². The molecule has 1 aromatic carbocycles. The van der Waals surface area contributed by atoms with Gasteiger partial charge in [0.15, 0.2) is 0 Å². The van der Waals surface area contributed by atoms with Crippen LogP contribution in [0.2, 0.25) is 0 Å². The highest BCUT2D eigenvalue weighted by Gasteiger charge is 2.38. The first kappa shape index (κ1) is 21.9. The molecule has 2 fully saturated rings. The molecule has 3 unspecified atom stereocenters. The number of carbonyl (C=O) groups excluding carboxylic acids is 2. The highest BCUT2D eigenvalue weighted by molar-refractivity contribution is 5.94. The van der Waals surface area contributed by atoms with Crippen LogP contribution in [0.15, 0.2) is 23.0 Å². The summed E-state index contributed by atoms with van der Waals surface area (Å²) in [5.41, 5.74) is 6.07. The van der Waals surface area contributed by atoms with E-state index in [2.05, 4.69) is 15.2 Å². The van der Waals surface area contributed by atoms with Crippen LogP contribution in [0.1, 0.15) is 51.4 Å². The van der Waals surface area contributed by atoms with Crippen LogP contribution < -0.4 is 21.3 Å². The van der Waals surface area contributed by atoms with Gasteiger partial charge in [-0.25, -0.2) is 4.98 Å². The highest BCUT2D eigenvalue weighted by atomic mass is 16.5. The number of benzene rings is 1. The number of nitrogens with one attached hydrogen (secondary N) is 1. The largest absolute Gasteiger partial charge is 0.494 e. The highest BCUT2D eigenvalue weighted by Crippen LogP contribution is 2.36. The summed E-state index contributed by atoms with van der Waals surface area (Å²) < 4.78 is 7.24. The Morgan fingerprint density at radius 2 is 2.03 bits per heavy atom. The SMILES string of the molecule is NC(=O)C(CCCOc1ccc2nc3n(c(=O)c2c1)CC(=O)N3)N1CCCC2CCCCC21. The van der Waals surface area contributed by atoms with E-state index in [0.717, 1.165) is 19.4 Å². The summed E-state index contributed by atoms with van der Waals surface area (Å²) in [5.74, 6) is 1.05. The normalized spacial score (nSPS) is 23.6. The number of hydrogen-bond donors (Lipinski definition) is 2. The standard InChI is InChI=1S/C24H31N5O4/c25-22(31)20(28-11-3-6-15-5-1-2-7-19(15)28)8-4-12-33-16-9-10-18-17(13-16)23(32)29-14-21(30)27-24(29)26-18/h9-10,13,15,19-20H,1-8,11-12,14H2,(H2,25,31)(H,26,27,30). The molecule has 2 aromatic rings. The van der Waals surface area contributed by atoms with Gasteiger partial charge in [-0.05, 0) is 69.2 Å². The molecule has 3 atom stereocenters. The van der Waals surface area contributed by atoms with E-state index in [4.69, 9.17) is 10.5 Å². The van der Waals surface area contributed by atoms with Crippen molar-refractivity contribution in [3.8, 4) is 5.75 Å². The van der Waals surface area contributed by atoms with E-state index in [1.54, 1.807) is 18.2 Å². The van der Waals surface area contributed by atoms with Gasteiger partial charge in [-0.3, -0.25) is 29.2 Å². The number of amides is 2. The maximum Gasteiger partial charge on any atom is 0.263 e. The minimum absolute atomic E-state index is 0.0188. The Hall–Kier alpha value is -2.94. The van der Waals surface area contributed by atoms with Crippen molar-refractivity contribution in [3.63, 3.8) is 0 Å². The second-order valence-electron chi connectivity index (χ2n) is 9.45. The number of likely N-dealkylation sites (tertiary alicyclic amines) is 1. The Kier molecular flexibility index (Phi) is 6.05. The van der Waals surface area contributed by atoms with Crippen LogP contribution in [0.5, 0.6) is 5.75 Å². The number of ether oxygens (including phenoxy) is 1. The van der Waals surface area contributed by atoms with Crippen molar-refractivity contribution in [1.82, 2.24) is 14.5 Å². The van der Waals surface area contributed by atoms with Crippen molar-refractivity contribution in [2.45, 2.75) is 70.0 Å². The molecule has 3 aliphatic rings. The van der Waals surface area contributed by atoms with Gasteiger partial charge < -0.3 is 10.5 Å². The third-order valence-electron chi connectivity index (χ3n) is 7.38. The second kappa shape index (κ2) is 9.13. The van der Waals surface area contributed by atoms with Gasteiger partial charge in [0.2, 0.25) is 17.8 Å². The lowest BCUT2D eigenvalue weighted by Crippen LogP contribution is -2.55. The number of piperidine rings is 1. The molecule has 33 heavy (non-hydrogen) atoms. The molecular weight excluding hydrogens is 422 g/mol. The van der Waals surface area contributed by atoms with E-state index in [9.17, 15) is 14.4 Å². The fraction of sp³-hybridized carbons (Fsp3) is 0.583. The smallest absolute Gasteiger partial charge is 0.263 e. The van der Waals surface area contributed by atoms with E-state index in [1.807, 2.05) is 0 Å². The Morgan fingerprint density at radius 1 is 1.21 bits per heavy atom. The summed E-state index contributed by atoms with van der Waals surface area (Å²) >= 11 is 0. The van der Waals surface area contributed by atoms with Crippen LogP contribution in [-0.2, 0) is 16.1 Å². The van der Waals surface area contributed by atoms with Crippen molar-refractivity contribution < 1.29 is 14.3 Å². The molecule has 9 nitrogen and oxygen atoms in total. The van der Waals surface area contributed by atoms with Crippen LogP contribution in [0.25, 0.3) is 10.9 Å². The Labute approximate surface area is 192 Å². The molecule has 176 valence electrons. The summed E-state index contributed by atoms with van der Waals surface area (Å²) in [6, 6.07) is 5.39. The molecule has 5 rings (SSSR count). The average molecular weight is 454 g/mol. The summed E-state index contributed by atoms with van der Waals surface area (Å²) in [7, 11) is 0. The van der Waals surface area contributed by atoms with Crippen LogP contribution in [0, 0.1) is 5.92 Å². The first-order valence-corrected chi connectivity index (χ1v) is 12.0. The predicted octanol–water partition coefficient (Wildman–Crippen LogP) is 2.02. The summed E-state index contributed by atoms with van der Waals surface area (Å²) in [6.07, 6.45) is 8.71. The first-order chi connectivity index (χ1) is 16.0. The zero-order valence-corrected chi connectivity index (χ0v) is 18.8. The van der Waals surface area contributed by atoms with Gasteiger partial charge in [-0.1, -0.05) is 12.8 Å². The molecule has 0 radical (unpaired) electrons. The number of anilines is 1. The maximum atomic E-state index is 12.7. The number of primary amides is 1. The van der Waals surface area contributed by atoms with Gasteiger partial charge in [0.05, 0.1) is 23.6 Å². The summed E-state index contributed by atoms with van der Waals surface area (Å²) in [6.45, 7) is 1.35. The molecule has 9 heteroatoms. The number of rotatable bonds is 7. The van der Waals surface area contributed by atoms with Crippen molar-refractivity contribution >= 4 is 28.7 Å². The number of aromatic nitrogens is 2. The molecule has 3 heterocycles. The van der Waals surface area contributed by atoms with E-state index in [-0.39, 0.29) is 35.9 Å². The molecule has 0 spiro atoms. The molecule has 2 amide bonds. The van der Waals surface area contributed by atoms with Gasteiger partial charge in [0, 0.05) is 6.04 Å². The zero-order chi connectivity index (χ0) is 22.9. The third-order valence-corrected chi connectivity index (χ3v) is 7.38. The minimum atomic E-state index is -0.264. The maximum absolute atomic E-state index is 12.7. The monoisotopic (exact) mass is 453 g/mol. The minimum Gasteiger partial charge on any atom is -0.494 e. The molecule has 1 saturated heterocycles. The van der Waals surface area contributed by atoms with Crippen LogP contribution >= 0.6 is 0 Å². The van der Waals surface area contributed by atoms with Crippen molar-refractivity contribution in [2.24, 2.45) is 11.7 Å². The topological polar surface area (TPSA) is 120 Å². The first-order valence-electron chi connectivity index (χ1n) is 12.0. The number of carbonyl (C=O) groups is 2. The van der Waals surface area contributed by atoms with E-state index >= 15 is 0 Å². The van der Waals surface area contributed by atoms with Crippen LogP contribution in [0.3, 0.4) is 0 Å². The fourth-order valence-corrected chi connectivity index (χ4v) is 5.83. The van der Waals surface area contributed by atoms with Gasteiger partial charge in [0.1, 0.15) is 12.3 Å². The van der Waals surface area contributed by atoms with Gasteiger partial charge in [-0.15, -0.1) is 0 Å². The van der Waals surface area contributed by atoms with E-state index < -0.39 is 0 Å². The quantitative estimate of drug-likeness (QED) is 0.619. The zero-order valence-electron chi connectivity index (χ0n) is 18.8. The molecule has 1 aliphatic carbocycles. The molecule has 2 aliphatic heterocycles. The molecule has 3 N–H and O–H groups in total. The van der Waals surface area contributed by atoms with Gasteiger partial charge in [0.25, 0.3) is 5.56 Å². The molecule has 1 saturated carbocycles. The lowest BCUT2D eigenvalue weighted by atomic mass is 9.77. The van der Waals surface area contributed by atoms with Crippen LogP contribution in [-0.4, -0.2) is 51.5 Å². The number of nitrogens with zero attached hydrogens (tertiary/aromatic N) is 3. The number of fused-ring (bicyclic) bond motifs is 3. The third kappa shape index (κ3) is 4.34. The second-order valence-corrected chi connectivity index (χ2v) is 9.45. The lowest BCUT2D eigenvalue weighted by Gasteiger charge is -2.46. The lowest BCUT2D eigenvalue weighted by molar-refractivity contribution is -0.126. The Bertz CT molecular complexity index is 1130. The Morgan fingerprint density at radius 3 is 2.88 bits per heavy atom. The molecule has 0 bridgehead atoms. The summed E-state index contributed by atoms with van der Waals surface area (Å²) in [5, 5.41) is 3.01. The van der Waals surface area contributed by atoms with Crippen molar-refractivity contribution in [2.75, 3.05) is 18.5 Å². The van der Waals surface area contributed by atoms with Gasteiger partial charge >= 0.3 is 0 Å². The predicted molar refractivity (Wildman–Crippen MR) is 124 cm³/mol. The average Bonchev–Trinajstić information content (AvgIpc) is 3.19. The number of hydrogen-bond acceptors (Lipinski definition) is 6. The molecular formula is C24H31N5O4.